The van der Waals surface area contributed by atoms with E-state index >= 15 is 0 Å². The summed E-state index contributed by atoms with van der Waals surface area (Å²) in [6, 6.07) is 10.1. The predicted molar refractivity (Wildman–Crippen MR) is 184 cm³/mol. The number of allylic oxidation sites excluding steroid dienone is 1. The molecule has 4 aliphatic rings. The van der Waals surface area contributed by atoms with Crippen LogP contribution in [0, 0.1) is 34.0 Å². The molecule has 1 aromatic rings. The lowest BCUT2D eigenvalue weighted by molar-refractivity contribution is -0.293. The molecule has 0 bridgehead atoms. The van der Waals surface area contributed by atoms with Crippen LogP contribution in [0.25, 0.3) is 0 Å². The van der Waals surface area contributed by atoms with Gasteiger partial charge in [0, 0.05) is 50.4 Å². The summed E-state index contributed by atoms with van der Waals surface area (Å²) in [6.45, 7) is 14.1. The second kappa shape index (κ2) is 14.3. The Morgan fingerprint density at radius 3 is 2.24 bits per heavy atom. The van der Waals surface area contributed by atoms with Crippen molar-refractivity contribution in [1.29, 1.82) is 0 Å². The zero-order valence-electron chi connectivity index (χ0n) is 30.7. The molecule has 1 heterocycles. The van der Waals surface area contributed by atoms with Crippen molar-refractivity contribution in [3.05, 3.63) is 59.7 Å². The highest BCUT2D eigenvalue weighted by Crippen LogP contribution is 2.72. The van der Waals surface area contributed by atoms with Gasteiger partial charge in [-0.25, -0.2) is 0 Å². The minimum Gasteiger partial charge on any atom is -0.466 e. The Bertz CT molecular complexity index is 1520. The average molecular weight is 695 g/mol. The molecule has 2 fully saturated rings. The van der Waals surface area contributed by atoms with Crippen LogP contribution < -0.4 is 0 Å². The van der Waals surface area contributed by atoms with Gasteiger partial charge in [-0.2, -0.15) is 0 Å². The highest BCUT2D eigenvalue weighted by molar-refractivity contribution is 5.68. The lowest BCUT2D eigenvalue weighted by atomic mass is 9.36. The topological polar surface area (TPSA) is 135 Å². The van der Waals surface area contributed by atoms with Crippen LogP contribution in [0.2, 0.25) is 0 Å². The van der Waals surface area contributed by atoms with Crippen LogP contribution in [0.4, 0.5) is 0 Å². The van der Waals surface area contributed by atoms with Gasteiger partial charge in [-0.3, -0.25) is 19.2 Å². The molecule has 2 unspecified atom stereocenters. The van der Waals surface area contributed by atoms with E-state index in [2.05, 4.69) is 32.1 Å². The smallest absolute Gasteiger partial charge is 0.303 e. The third-order valence-corrected chi connectivity index (χ3v) is 12.6. The van der Waals surface area contributed by atoms with Crippen molar-refractivity contribution >= 4 is 23.9 Å². The quantitative estimate of drug-likeness (QED) is 0.190. The van der Waals surface area contributed by atoms with E-state index in [9.17, 15) is 24.3 Å². The summed E-state index contributed by atoms with van der Waals surface area (Å²) < 4.78 is 30.5. The molecule has 274 valence electrons. The predicted octanol–water partition coefficient (Wildman–Crippen LogP) is 5.86. The highest BCUT2D eigenvalue weighted by atomic mass is 16.6. The van der Waals surface area contributed by atoms with Crippen molar-refractivity contribution in [2.45, 2.75) is 111 Å². The molecular formula is C40H54O10. The summed E-state index contributed by atoms with van der Waals surface area (Å²) in [5, 5.41) is 13.0. The van der Waals surface area contributed by atoms with E-state index < -0.39 is 75.9 Å². The van der Waals surface area contributed by atoms with Gasteiger partial charge in [-0.05, 0) is 67.1 Å². The number of carbonyl (C=O) groups is 4. The number of fused-ring (bicyclic) bond motifs is 5. The van der Waals surface area contributed by atoms with E-state index in [1.807, 2.05) is 44.2 Å². The maximum atomic E-state index is 13.1. The van der Waals surface area contributed by atoms with Crippen LogP contribution in [-0.4, -0.2) is 72.7 Å². The SMILES string of the molecule is CC(=O)OCC[C@]12COCC=C[C@H]1C1(C)CC[C@@H]3[C@](C)([C@H](OC(C)=O)C=C(C)[C@@]3(O)CC(C)c3ccccc3)[C@H]1[C@H](OC(C)=O)[C@@H]2OC(C)=O. The van der Waals surface area contributed by atoms with Gasteiger partial charge in [-0.15, -0.1) is 0 Å². The number of carbonyl (C=O) groups excluding carboxylic acids is 4. The molecule has 3 aliphatic carbocycles. The number of hydrogen-bond donors (Lipinski definition) is 1. The molecule has 0 aromatic heterocycles. The number of aliphatic hydroxyl groups is 1. The molecular weight excluding hydrogens is 640 g/mol. The summed E-state index contributed by atoms with van der Waals surface area (Å²) in [5.41, 5.74) is -2.06. The van der Waals surface area contributed by atoms with Crippen LogP contribution in [0.15, 0.2) is 54.1 Å². The molecule has 1 aliphatic heterocycles. The van der Waals surface area contributed by atoms with Crippen molar-refractivity contribution in [1.82, 2.24) is 0 Å². The fourth-order valence-corrected chi connectivity index (χ4v) is 10.8. The molecule has 0 spiro atoms. The van der Waals surface area contributed by atoms with Gasteiger partial charge >= 0.3 is 23.9 Å². The molecule has 11 atom stereocenters. The largest absolute Gasteiger partial charge is 0.466 e. The maximum absolute atomic E-state index is 13.1. The average Bonchev–Trinajstić information content (AvgIpc) is 3.25. The van der Waals surface area contributed by atoms with Crippen LogP contribution in [0.1, 0.15) is 92.6 Å². The molecule has 5 rings (SSSR count). The third kappa shape index (κ3) is 6.54. The number of hydrogen-bond acceptors (Lipinski definition) is 10. The highest BCUT2D eigenvalue weighted by Gasteiger charge is 2.75. The Hall–Kier alpha value is -3.50. The first-order valence-electron chi connectivity index (χ1n) is 17.9. The Morgan fingerprint density at radius 2 is 1.62 bits per heavy atom. The fourth-order valence-electron chi connectivity index (χ4n) is 10.8. The van der Waals surface area contributed by atoms with Crippen LogP contribution in [-0.2, 0) is 42.9 Å². The summed E-state index contributed by atoms with van der Waals surface area (Å²) >= 11 is 0. The maximum Gasteiger partial charge on any atom is 0.303 e. The number of esters is 4. The van der Waals surface area contributed by atoms with E-state index in [-0.39, 0.29) is 31.5 Å². The lowest BCUT2D eigenvalue weighted by Crippen LogP contribution is -2.75. The van der Waals surface area contributed by atoms with Gasteiger partial charge in [0.2, 0.25) is 0 Å². The summed E-state index contributed by atoms with van der Waals surface area (Å²) in [7, 11) is 0. The Labute approximate surface area is 295 Å². The lowest BCUT2D eigenvalue weighted by Gasteiger charge is -2.70. The van der Waals surface area contributed by atoms with Crippen LogP contribution in [0.3, 0.4) is 0 Å². The molecule has 0 radical (unpaired) electrons. The molecule has 1 aromatic carbocycles. The number of benzene rings is 1. The zero-order valence-corrected chi connectivity index (χ0v) is 30.7. The summed E-state index contributed by atoms with van der Waals surface area (Å²) in [6.07, 6.45) is 5.07. The van der Waals surface area contributed by atoms with Gasteiger partial charge in [0.15, 0.2) is 0 Å². The minimum atomic E-state index is -1.30. The Morgan fingerprint density at radius 1 is 0.960 bits per heavy atom. The van der Waals surface area contributed by atoms with Crippen molar-refractivity contribution in [3.8, 4) is 0 Å². The standard InChI is InChI=1S/C40H54O10/c1-24(30-13-10-9-11-14-30)22-40(45)25(2)21-33(48-27(4)42)38(8)32(40)16-17-37(7)31-15-12-19-46-23-39(31,18-20-47-26(3)41)36(50-29(6)44)34(35(37)38)49-28(5)43/h9-15,21,24,31-36,45H,16-20,22-23H2,1-8H3/t24?,31-,32+,33+,34-,35-,36-,37?,38+,39-,40-/m0/s1. The first-order valence-corrected chi connectivity index (χ1v) is 17.9. The normalized spacial score (nSPS) is 38.1. The van der Waals surface area contributed by atoms with Gasteiger partial charge in [-0.1, -0.05) is 63.3 Å². The van der Waals surface area contributed by atoms with E-state index in [4.69, 9.17) is 23.7 Å². The van der Waals surface area contributed by atoms with Gasteiger partial charge in [0.25, 0.3) is 0 Å². The second-order valence-corrected chi connectivity index (χ2v) is 15.6. The van der Waals surface area contributed by atoms with E-state index in [1.54, 1.807) is 0 Å². The van der Waals surface area contributed by atoms with Crippen molar-refractivity contribution in [2.75, 3.05) is 19.8 Å². The van der Waals surface area contributed by atoms with Crippen LogP contribution in [0.5, 0.6) is 0 Å². The Kier molecular flexibility index (Phi) is 10.8. The molecule has 0 amide bonds. The van der Waals surface area contributed by atoms with E-state index in [0.717, 1.165) is 11.1 Å². The monoisotopic (exact) mass is 694 g/mol. The minimum absolute atomic E-state index is 0.00679. The third-order valence-electron chi connectivity index (χ3n) is 12.6. The summed E-state index contributed by atoms with van der Waals surface area (Å²) in [4.78, 5) is 50.9. The van der Waals surface area contributed by atoms with Crippen molar-refractivity contribution in [2.24, 2.45) is 34.0 Å². The first-order chi connectivity index (χ1) is 23.5. The van der Waals surface area contributed by atoms with Crippen LogP contribution >= 0.6 is 0 Å². The second-order valence-electron chi connectivity index (χ2n) is 15.6. The zero-order chi connectivity index (χ0) is 36.6. The molecule has 1 N–H and O–H groups in total. The summed E-state index contributed by atoms with van der Waals surface area (Å²) in [5.74, 6) is -3.32. The van der Waals surface area contributed by atoms with E-state index in [0.29, 0.717) is 25.9 Å². The first kappa shape index (κ1) is 37.7. The van der Waals surface area contributed by atoms with Gasteiger partial charge in [0.05, 0.1) is 25.4 Å². The molecule has 2 saturated carbocycles. The molecule has 0 saturated heterocycles. The van der Waals surface area contributed by atoms with E-state index in [1.165, 1.54) is 27.7 Å². The molecule has 10 nitrogen and oxygen atoms in total. The van der Waals surface area contributed by atoms with Gasteiger partial charge in [0.1, 0.15) is 18.3 Å². The van der Waals surface area contributed by atoms with Gasteiger partial charge < -0.3 is 28.8 Å². The number of rotatable bonds is 9. The van der Waals surface area contributed by atoms with Crippen molar-refractivity contribution in [3.63, 3.8) is 0 Å². The molecule has 50 heavy (non-hydrogen) atoms. The molecule has 10 heteroatoms. The fraction of sp³-hybridized carbons (Fsp3) is 0.650. The Balaban J connectivity index is 1.75. The number of ether oxygens (including phenoxy) is 5. The van der Waals surface area contributed by atoms with Crippen molar-refractivity contribution < 1.29 is 48.0 Å².